The van der Waals surface area contributed by atoms with Crippen molar-refractivity contribution in [3.05, 3.63) is 47.3 Å². The van der Waals surface area contributed by atoms with Crippen molar-refractivity contribution in [2.24, 2.45) is 0 Å². The Bertz CT molecular complexity index is 686. The zero-order chi connectivity index (χ0) is 17.5. The minimum atomic E-state index is -0.367. The number of rotatable bonds is 7. The number of nitrogens with zero attached hydrogens (tertiary/aromatic N) is 2. The zero-order valence-electron chi connectivity index (χ0n) is 14.3. The first-order chi connectivity index (χ1) is 11.5. The summed E-state index contributed by atoms with van der Waals surface area (Å²) in [4.78, 5) is 26.4. The van der Waals surface area contributed by atoms with Crippen LogP contribution in [-0.2, 0) is 0 Å². The summed E-state index contributed by atoms with van der Waals surface area (Å²) in [6, 6.07) is 8.44. The largest absolute Gasteiger partial charge is 0.351 e. The van der Waals surface area contributed by atoms with Crippen LogP contribution < -0.4 is 5.32 Å². The van der Waals surface area contributed by atoms with Crippen LogP contribution in [0.5, 0.6) is 0 Å². The van der Waals surface area contributed by atoms with Gasteiger partial charge >= 0.3 is 0 Å². The smallest absolute Gasteiger partial charge is 0.294 e. The number of carbonyl (C=O) groups excluding carboxylic acids is 2. The highest BCUT2D eigenvalue weighted by molar-refractivity contribution is 6.02. The van der Waals surface area contributed by atoms with Gasteiger partial charge in [0.2, 0.25) is 5.76 Å². The quantitative estimate of drug-likeness (QED) is 0.843. The number of carbonyl (C=O) groups is 2. The van der Waals surface area contributed by atoms with Crippen LogP contribution in [0, 0.1) is 6.92 Å². The van der Waals surface area contributed by atoms with E-state index >= 15 is 0 Å². The van der Waals surface area contributed by atoms with Crippen molar-refractivity contribution in [1.82, 2.24) is 10.1 Å². The summed E-state index contributed by atoms with van der Waals surface area (Å²) in [5.74, 6) is -0.194. The van der Waals surface area contributed by atoms with Gasteiger partial charge in [-0.3, -0.25) is 9.59 Å². The van der Waals surface area contributed by atoms with Gasteiger partial charge in [0.25, 0.3) is 11.8 Å². The maximum atomic E-state index is 12.5. The summed E-state index contributed by atoms with van der Waals surface area (Å²) in [7, 11) is 0. The van der Waals surface area contributed by atoms with Crippen molar-refractivity contribution in [2.75, 3.05) is 18.4 Å². The topological polar surface area (TPSA) is 75.4 Å². The minimum absolute atomic E-state index is 0.0161. The molecule has 128 valence electrons. The number of hydrogen-bond acceptors (Lipinski definition) is 4. The number of nitrogens with one attached hydrogen (secondary N) is 1. The van der Waals surface area contributed by atoms with Gasteiger partial charge in [0.15, 0.2) is 0 Å². The van der Waals surface area contributed by atoms with Crippen LogP contribution in [0.15, 0.2) is 34.9 Å². The second kappa shape index (κ2) is 8.29. The lowest BCUT2D eigenvalue weighted by Crippen LogP contribution is -2.32. The van der Waals surface area contributed by atoms with Gasteiger partial charge in [0, 0.05) is 30.4 Å². The molecule has 1 heterocycles. The molecule has 0 radical (unpaired) electrons. The fraction of sp³-hybridized carbons (Fsp3) is 0.389. The monoisotopic (exact) mass is 329 g/mol. The lowest BCUT2D eigenvalue weighted by atomic mass is 10.1. The molecule has 0 aliphatic heterocycles. The van der Waals surface area contributed by atoms with Gasteiger partial charge in [0.05, 0.1) is 5.69 Å². The maximum Gasteiger partial charge on any atom is 0.294 e. The van der Waals surface area contributed by atoms with E-state index in [1.54, 1.807) is 37.3 Å². The van der Waals surface area contributed by atoms with Crippen molar-refractivity contribution in [3.8, 4) is 0 Å². The molecule has 0 fully saturated rings. The first kappa shape index (κ1) is 17.7. The molecule has 0 saturated carbocycles. The summed E-state index contributed by atoms with van der Waals surface area (Å²) in [5, 5.41) is 6.40. The summed E-state index contributed by atoms with van der Waals surface area (Å²) < 4.78 is 4.92. The number of amides is 2. The van der Waals surface area contributed by atoms with Gasteiger partial charge in [-0.05, 0) is 44.0 Å². The molecule has 2 aromatic rings. The normalized spacial score (nSPS) is 10.5. The van der Waals surface area contributed by atoms with Crippen LogP contribution in [0.1, 0.15) is 53.3 Å². The maximum absolute atomic E-state index is 12.5. The Hall–Kier alpha value is -2.63. The van der Waals surface area contributed by atoms with Gasteiger partial charge in [0.1, 0.15) is 0 Å². The lowest BCUT2D eigenvalue weighted by molar-refractivity contribution is 0.0755. The zero-order valence-corrected chi connectivity index (χ0v) is 14.3. The third-order valence-corrected chi connectivity index (χ3v) is 3.52. The summed E-state index contributed by atoms with van der Waals surface area (Å²) in [5.41, 5.74) is 1.86. The second-order valence-corrected chi connectivity index (χ2v) is 5.66. The molecule has 0 saturated heterocycles. The fourth-order valence-corrected chi connectivity index (χ4v) is 2.40. The van der Waals surface area contributed by atoms with Gasteiger partial charge < -0.3 is 14.7 Å². The molecule has 2 rings (SSSR count). The molecule has 24 heavy (non-hydrogen) atoms. The highest BCUT2D eigenvalue weighted by Gasteiger charge is 2.15. The van der Waals surface area contributed by atoms with E-state index in [0.29, 0.717) is 16.9 Å². The van der Waals surface area contributed by atoms with Crippen molar-refractivity contribution >= 4 is 17.5 Å². The average Bonchev–Trinajstić information content (AvgIpc) is 3.01. The van der Waals surface area contributed by atoms with E-state index in [9.17, 15) is 9.59 Å². The molecule has 1 N–H and O–H groups in total. The van der Waals surface area contributed by atoms with Gasteiger partial charge in [-0.25, -0.2) is 0 Å². The predicted octanol–water partition coefficient (Wildman–Crippen LogP) is 3.50. The minimum Gasteiger partial charge on any atom is -0.351 e. The summed E-state index contributed by atoms with van der Waals surface area (Å²) >= 11 is 0. The number of aryl methyl sites for hydroxylation is 1. The molecule has 1 aromatic carbocycles. The Morgan fingerprint density at radius 1 is 1.12 bits per heavy atom. The SMILES string of the molecule is CCCN(CCC)C(=O)c1ccc(NC(=O)c2cc(C)no2)cc1. The number of anilines is 1. The van der Waals surface area contributed by atoms with E-state index < -0.39 is 0 Å². The van der Waals surface area contributed by atoms with Gasteiger partial charge in [-0.1, -0.05) is 19.0 Å². The summed E-state index contributed by atoms with van der Waals surface area (Å²) in [6.07, 6.45) is 1.85. The molecule has 6 heteroatoms. The molecular formula is C18H23N3O3. The fourth-order valence-electron chi connectivity index (χ4n) is 2.40. The van der Waals surface area contributed by atoms with E-state index in [1.165, 1.54) is 0 Å². The number of aromatic nitrogens is 1. The van der Waals surface area contributed by atoms with Crippen LogP contribution in [0.3, 0.4) is 0 Å². The van der Waals surface area contributed by atoms with E-state index in [0.717, 1.165) is 25.9 Å². The Kier molecular flexibility index (Phi) is 6.12. The standard InChI is InChI=1S/C18H23N3O3/c1-4-10-21(11-5-2)18(23)14-6-8-15(9-7-14)19-17(22)16-12-13(3)20-24-16/h6-9,12H,4-5,10-11H2,1-3H3,(H,19,22). The van der Waals surface area contributed by atoms with Crippen LogP contribution in [0.4, 0.5) is 5.69 Å². The first-order valence-corrected chi connectivity index (χ1v) is 8.19. The van der Waals surface area contributed by atoms with Crippen molar-refractivity contribution in [1.29, 1.82) is 0 Å². The summed E-state index contributed by atoms with van der Waals surface area (Å²) in [6.45, 7) is 7.35. The molecule has 0 spiro atoms. The highest BCUT2D eigenvalue weighted by Crippen LogP contribution is 2.14. The third-order valence-electron chi connectivity index (χ3n) is 3.52. The van der Waals surface area contributed by atoms with E-state index in [4.69, 9.17) is 4.52 Å². The molecule has 0 aliphatic carbocycles. The molecule has 2 amide bonds. The van der Waals surface area contributed by atoms with Crippen LogP contribution in [-0.4, -0.2) is 35.0 Å². The lowest BCUT2D eigenvalue weighted by Gasteiger charge is -2.21. The van der Waals surface area contributed by atoms with Gasteiger partial charge in [-0.15, -0.1) is 0 Å². The van der Waals surface area contributed by atoms with Gasteiger partial charge in [-0.2, -0.15) is 0 Å². The van der Waals surface area contributed by atoms with Crippen LogP contribution in [0.2, 0.25) is 0 Å². The molecule has 0 bridgehead atoms. The van der Waals surface area contributed by atoms with Crippen molar-refractivity contribution < 1.29 is 14.1 Å². The molecular weight excluding hydrogens is 306 g/mol. The second-order valence-electron chi connectivity index (χ2n) is 5.66. The molecule has 1 aromatic heterocycles. The molecule has 0 atom stereocenters. The average molecular weight is 329 g/mol. The third kappa shape index (κ3) is 4.44. The Morgan fingerprint density at radius 2 is 1.75 bits per heavy atom. The Morgan fingerprint density at radius 3 is 2.25 bits per heavy atom. The highest BCUT2D eigenvalue weighted by atomic mass is 16.5. The number of hydrogen-bond donors (Lipinski definition) is 1. The molecule has 0 aliphatic rings. The molecule has 6 nitrogen and oxygen atoms in total. The Balaban J connectivity index is 2.04. The van der Waals surface area contributed by atoms with Crippen LogP contribution in [0.25, 0.3) is 0 Å². The van der Waals surface area contributed by atoms with E-state index in [1.807, 2.05) is 4.90 Å². The number of benzene rings is 1. The van der Waals surface area contributed by atoms with Crippen molar-refractivity contribution in [3.63, 3.8) is 0 Å². The molecule has 0 unspecified atom stereocenters. The Labute approximate surface area is 141 Å². The predicted molar refractivity (Wildman–Crippen MR) is 92.1 cm³/mol. The van der Waals surface area contributed by atoms with Crippen molar-refractivity contribution in [2.45, 2.75) is 33.6 Å². The first-order valence-electron chi connectivity index (χ1n) is 8.19. The van der Waals surface area contributed by atoms with Crippen LogP contribution >= 0.6 is 0 Å². The van der Waals surface area contributed by atoms with E-state index in [2.05, 4.69) is 24.3 Å². The van der Waals surface area contributed by atoms with E-state index in [-0.39, 0.29) is 17.6 Å².